The molecule has 0 fully saturated rings. The molecule has 164 valence electrons. The molecule has 0 saturated carbocycles. The molecule has 9 nitrogen and oxygen atoms in total. The van der Waals surface area contributed by atoms with E-state index in [1.54, 1.807) is 25.3 Å². The summed E-state index contributed by atoms with van der Waals surface area (Å²) in [4.78, 5) is 38.9. The van der Waals surface area contributed by atoms with Crippen molar-refractivity contribution in [1.82, 2.24) is 18.9 Å². The number of nitrogen functional groups attached to an aromatic ring is 1. The number of carbonyl (C=O) groups is 1. The molecule has 0 radical (unpaired) electrons. The van der Waals surface area contributed by atoms with E-state index in [2.05, 4.69) is 5.10 Å². The Morgan fingerprint density at radius 1 is 1.26 bits per heavy atom. The lowest BCUT2D eigenvalue weighted by atomic mass is 10.2. The van der Waals surface area contributed by atoms with Crippen LogP contribution in [0.25, 0.3) is 0 Å². The molecular weight excluding hydrogens is 403 g/mol. The molecule has 0 aliphatic carbocycles. The molecule has 0 unspecified atom stereocenters. The van der Waals surface area contributed by atoms with E-state index >= 15 is 0 Å². The Morgan fingerprint density at radius 3 is 2.61 bits per heavy atom. The van der Waals surface area contributed by atoms with Crippen molar-refractivity contribution >= 4 is 23.6 Å². The van der Waals surface area contributed by atoms with Gasteiger partial charge in [0, 0.05) is 19.3 Å². The van der Waals surface area contributed by atoms with Gasteiger partial charge in [-0.05, 0) is 30.5 Å². The first-order valence-corrected chi connectivity index (χ1v) is 9.91. The number of benzene rings is 1. The van der Waals surface area contributed by atoms with Crippen molar-refractivity contribution < 1.29 is 9.18 Å². The Kier molecular flexibility index (Phi) is 6.38. The minimum Gasteiger partial charge on any atom is -0.383 e. The maximum absolute atomic E-state index is 13.4. The average molecular weight is 428 g/mol. The van der Waals surface area contributed by atoms with Crippen LogP contribution in [-0.2, 0) is 24.4 Å². The highest BCUT2D eigenvalue weighted by Gasteiger charge is 2.24. The molecular formula is C21H25FN6O3. The third kappa shape index (κ3) is 4.42. The summed E-state index contributed by atoms with van der Waals surface area (Å²) in [6, 6.07) is 6.08. The van der Waals surface area contributed by atoms with E-state index in [4.69, 9.17) is 5.73 Å². The smallest absolute Gasteiger partial charge is 0.332 e. The van der Waals surface area contributed by atoms with E-state index in [9.17, 15) is 18.8 Å². The number of rotatable bonds is 8. The molecule has 2 heterocycles. The quantitative estimate of drug-likeness (QED) is 0.552. The third-order valence-corrected chi connectivity index (χ3v) is 4.78. The molecule has 1 aromatic carbocycles. The molecule has 2 N–H and O–H groups in total. The van der Waals surface area contributed by atoms with Crippen molar-refractivity contribution in [2.45, 2.75) is 40.4 Å². The first-order valence-electron chi connectivity index (χ1n) is 9.91. The summed E-state index contributed by atoms with van der Waals surface area (Å²) >= 11 is 0. The van der Waals surface area contributed by atoms with Gasteiger partial charge in [0.15, 0.2) is 5.69 Å². The molecule has 0 atom stereocenters. The maximum Gasteiger partial charge on any atom is 0.332 e. The van der Waals surface area contributed by atoms with Gasteiger partial charge in [0.1, 0.15) is 11.6 Å². The second-order valence-corrected chi connectivity index (χ2v) is 7.57. The molecule has 0 bridgehead atoms. The summed E-state index contributed by atoms with van der Waals surface area (Å²) in [6.07, 6.45) is 3.41. The van der Waals surface area contributed by atoms with Crippen molar-refractivity contribution in [3.05, 3.63) is 68.9 Å². The Hall–Kier alpha value is -3.69. The molecule has 3 rings (SSSR count). The third-order valence-electron chi connectivity index (χ3n) is 4.78. The number of hydrogen-bond donors (Lipinski definition) is 1. The van der Waals surface area contributed by atoms with Crippen molar-refractivity contribution in [3.8, 4) is 0 Å². The monoisotopic (exact) mass is 428 g/mol. The standard InChI is InChI=1S/C21H25FN6O3/c1-4-26-19(23)18(20(30)27(21(26)31)10-14(2)3)28(13-29)17-9-24-25(12-17)11-15-6-5-7-16(22)8-15/h5-9,12-14H,4,10-11,23H2,1-3H3. The molecule has 10 heteroatoms. The zero-order valence-corrected chi connectivity index (χ0v) is 17.7. The number of nitrogens with two attached hydrogens (primary N) is 1. The van der Waals surface area contributed by atoms with Crippen LogP contribution in [0.1, 0.15) is 26.3 Å². The van der Waals surface area contributed by atoms with Crippen LogP contribution in [-0.4, -0.2) is 25.3 Å². The fourth-order valence-corrected chi connectivity index (χ4v) is 3.39. The topological polar surface area (TPSA) is 108 Å². The minimum absolute atomic E-state index is 0.0332. The molecule has 3 aromatic rings. The molecule has 0 aliphatic rings. The number of nitrogens with zero attached hydrogens (tertiary/aromatic N) is 5. The highest BCUT2D eigenvalue weighted by Crippen LogP contribution is 2.25. The van der Waals surface area contributed by atoms with Gasteiger partial charge in [-0.15, -0.1) is 0 Å². The van der Waals surface area contributed by atoms with Crippen LogP contribution in [0.4, 0.5) is 21.6 Å². The van der Waals surface area contributed by atoms with Crippen molar-refractivity contribution in [3.63, 3.8) is 0 Å². The highest BCUT2D eigenvalue weighted by atomic mass is 19.1. The Bertz CT molecular complexity index is 1210. The Labute approximate surface area is 178 Å². The second kappa shape index (κ2) is 8.99. The van der Waals surface area contributed by atoms with E-state index in [1.807, 2.05) is 13.8 Å². The second-order valence-electron chi connectivity index (χ2n) is 7.57. The van der Waals surface area contributed by atoms with E-state index in [0.29, 0.717) is 17.7 Å². The number of halogens is 1. The van der Waals surface area contributed by atoms with E-state index in [-0.39, 0.29) is 42.9 Å². The normalized spacial score (nSPS) is 11.1. The van der Waals surface area contributed by atoms with Crippen LogP contribution in [0.3, 0.4) is 0 Å². The van der Waals surface area contributed by atoms with Gasteiger partial charge in [-0.1, -0.05) is 26.0 Å². The summed E-state index contributed by atoms with van der Waals surface area (Å²) in [5, 5.41) is 4.20. The fourth-order valence-electron chi connectivity index (χ4n) is 3.39. The zero-order valence-electron chi connectivity index (χ0n) is 17.7. The van der Waals surface area contributed by atoms with Crippen LogP contribution in [0.5, 0.6) is 0 Å². The van der Waals surface area contributed by atoms with Gasteiger partial charge < -0.3 is 5.73 Å². The summed E-state index contributed by atoms with van der Waals surface area (Å²) in [6.45, 7) is 6.19. The van der Waals surface area contributed by atoms with Gasteiger partial charge in [0.25, 0.3) is 5.56 Å². The Morgan fingerprint density at radius 2 is 2.00 bits per heavy atom. The largest absolute Gasteiger partial charge is 0.383 e. The van der Waals surface area contributed by atoms with Gasteiger partial charge >= 0.3 is 5.69 Å². The average Bonchev–Trinajstić information content (AvgIpc) is 3.16. The molecule has 2 aromatic heterocycles. The molecule has 0 saturated heterocycles. The van der Waals surface area contributed by atoms with Crippen molar-refractivity contribution in [2.75, 3.05) is 10.6 Å². The van der Waals surface area contributed by atoms with E-state index in [0.717, 1.165) is 9.47 Å². The zero-order chi connectivity index (χ0) is 22.7. The summed E-state index contributed by atoms with van der Waals surface area (Å²) in [5.41, 5.74) is 5.85. The number of carbonyl (C=O) groups excluding carboxylic acids is 1. The van der Waals surface area contributed by atoms with E-state index < -0.39 is 11.2 Å². The van der Waals surface area contributed by atoms with Crippen LogP contribution in [0.15, 0.2) is 46.2 Å². The SMILES string of the molecule is CCn1c(N)c(N(C=O)c2cnn(Cc3cccc(F)c3)c2)c(=O)n(CC(C)C)c1=O. The summed E-state index contributed by atoms with van der Waals surface area (Å²) in [7, 11) is 0. The van der Waals surface area contributed by atoms with Crippen LogP contribution >= 0.6 is 0 Å². The number of anilines is 3. The van der Waals surface area contributed by atoms with Crippen LogP contribution in [0, 0.1) is 11.7 Å². The molecule has 1 amide bonds. The molecule has 0 aliphatic heterocycles. The number of aromatic nitrogens is 4. The van der Waals surface area contributed by atoms with Gasteiger partial charge in [0.2, 0.25) is 6.41 Å². The van der Waals surface area contributed by atoms with Gasteiger partial charge in [-0.3, -0.25) is 28.3 Å². The van der Waals surface area contributed by atoms with E-state index in [1.165, 1.54) is 27.6 Å². The summed E-state index contributed by atoms with van der Waals surface area (Å²) < 4.78 is 17.3. The number of hydrogen-bond acceptors (Lipinski definition) is 5. The van der Waals surface area contributed by atoms with Crippen molar-refractivity contribution in [2.24, 2.45) is 5.92 Å². The first-order chi connectivity index (χ1) is 14.8. The molecule has 0 spiro atoms. The minimum atomic E-state index is -0.647. The maximum atomic E-state index is 13.4. The predicted octanol–water partition coefficient (Wildman–Crippen LogP) is 1.95. The Balaban J connectivity index is 2.07. The highest BCUT2D eigenvalue weighted by molar-refractivity contribution is 5.89. The lowest BCUT2D eigenvalue weighted by Gasteiger charge is -2.21. The molecule has 31 heavy (non-hydrogen) atoms. The van der Waals surface area contributed by atoms with Crippen molar-refractivity contribution in [1.29, 1.82) is 0 Å². The predicted molar refractivity (Wildman–Crippen MR) is 116 cm³/mol. The summed E-state index contributed by atoms with van der Waals surface area (Å²) in [5.74, 6) is -0.423. The lowest BCUT2D eigenvalue weighted by molar-refractivity contribution is -0.106. The van der Waals surface area contributed by atoms with Gasteiger partial charge in [-0.2, -0.15) is 5.10 Å². The van der Waals surface area contributed by atoms with Crippen LogP contribution in [0.2, 0.25) is 0 Å². The van der Waals surface area contributed by atoms with Gasteiger partial charge in [0.05, 0.1) is 18.4 Å². The fraction of sp³-hybridized carbons (Fsp3) is 0.333. The van der Waals surface area contributed by atoms with Gasteiger partial charge in [-0.25, -0.2) is 9.18 Å². The first kappa shape index (κ1) is 22.0. The lowest BCUT2D eigenvalue weighted by Crippen LogP contribution is -2.44. The number of amides is 1. The van der Waals surface area contributed by atoms with Crippen LogP contribution < -0.4 is 21.9 Å².